The molecule has 5 rings (SSSR count). The molecule has 1 aliphatic carbocycles. The second-order valence-corrected chi connectivity index (χ2v) is 12.8. The quantitative estimate of drug-likeness (QED) is 0.140. The predicted molar refractivity (Wildman–Crippen MR) is 160 cm³/mol. The maximum Gasteiger partial charge on any atom is 0.410 e. The average molecular weight is 630 g/mol. The van der Waals surface area contributed by atoms with Crippen molar-refractivity contribution in [2.24, 2.45) is 11.8 Å². The van der Waals surface area contributed by atoms with E-state index in [1.54, 1.807) is 32.9 Å². The first-order valence-corrected chi connectivity index (χ1v) is 15.1. The third kappa shape index (κ3) is 6.54. The number of halogens is 1. The van der Waals surface area contributed by atoms with Gasteiger partial charge in [-0.1, -0.05) is 0 Å². The number of hydrogen-bond acceptors (Lipinski definition) is 10. The summed E-state index contributed by atoms with van der Waals surface area (Å²) in [7, 11) is 4.30. The maximum absolute atomic E-state index is 15.5. The summed E-state index contributed by atoms with van der Waals surface area (Å²) >= 11 is 1.35. The zero-order valence-electron chi connectivity index (χ0n) is 25.6. The lowest BCUT2D eigenvalue weighted by molar-refractivity contribution is -0.142. The predicted octanol–water partition coefficient (Wildman–Crippen LogP) is 6.15. The van der Waals surface area contributed by atoms with Gasteiger partial charge in [0.2, 0.25) is 0 Å². The topological polar surface area (TPSA) is 110 Å². The lowest BCUT2D eigenvalue weighted by Crippen LogP contribution is -2.33. The van der Waals surface area contributed by atoms with Crippen LogP contribution in [0.5, 0.6) is 23.0 Å². The number of carbonyl (C=O) groups is 3. The summed E-state index contributed by atoms with van der Waals surface area (Å²) in [5.74, 6) is -0.454. The molecule has 1 aromatic heterocycles. The lowest BCUT2D eigenvalue weighted by Gasteiger charge is -2.24. The summed E-state index contributed by atoms with van der Waals surface area (Å²) in [6, 6.07) is 7.12. The molecule has 2 aliphatic rings. The smallest absolute Gasteiger partial charge is 0.410 e. The van der Waals surface area contributed by atoms with Crippen molar-refractivity contribution in [3.63, 3.8) is 0 Å². The van der Waals surface area contributed by atoms with E-state index in [0.29, 0.717) is 40.3 Å². The molecule has 1 aliphatic heterocycles. The van der Waals surface area contributed by atoms with Crippen molar-refractivity contribution in [2.45, 2.75) is 52.3 Å². The number of esters is 1. The SMILES string of the molecule is COC(=O)C1CC1C(=O)c1cc2cc(OCCCOc3c(OC)cc4c(c3F)CN(C(=O)OC(C)(C)C)C4)c(OC)cc2s1. The van der Waals surface area contributed by atoms with Crippen LogP contribution in [0.25, 0.3) is 10.1 Å². The van der Waals surface area contributed by atoms with Gasteiger partial charge in [-0.25, -0.2) is 9.18 Å². The van der Waals surface area contributed by atoms with E-state index >= 15 is 4.39 Å². The monoisotopic (exact) mass is 629 g/mol. The largest absolute Gasteiger partial charge is 0.493 e. The van der Waals surface area contributed by atoms with Crippen LogP contribution < -0.4 is 18.9 Å². The first-order chi connectivity index (χ1) is 20.9. The van der Waals surface area contributed by atoms with Crippen molar-refractivity contribution in [2.75, 3.05) is 34.5 Å². The number of methoxy groups -OCH3 is 3. The van der Waals surface area contributed by atoms with Crippen molar-refractivity contribution >= 4 is 39.3 Å². The van der Waals surface area contributed by atoms with Crippen LogP contribution in [0, 0.1) is 17.7 Å². The minimum absolute atomic E-state index is 0.0168. The Balaban J connectivity index is 1.19. The maximum atomic E-state index is 15.5. The Kier molecular flexibility index (Phi) is 8.92. The van der Waals surface area contributed by atoms with Crippen LogP contribution in [-0.4, -0.2) is 62.9 Å². The van der Waals surface area contributed by atoms with Crippen LogP contribution in [0.4, 0.5) is 9.18 Å². The van der Waals surface area contributed by atoms with Crippen molar-refractivity contribution in [3.05, 3.63) is 46.1 Å². The first-order valence-electron chi connectivity index (χ1n) is 14.3. The number of rotatable bonds is 11. The number of hydrogen-bond donors (Lipinski definition) is 0. The summed E-state index contributed by atoms with van der Waals surface area (Å²) in [5, 5.41) is 0.825. The highest BCUT2D eigenvalue weighted by Gasteiger charge is 2.49. The summed E-state index contributed by atoms with van der Waals surface area (Å²) in [6.45, 7) is 6.02. The van der Waals surface area contributed by atoms with Gasteiger partial charge in [-0.05, 0) is 56.3 Å². The Hall–Kier alpha value is -4.06. The summed E-state index contributed by atoms with van der Waals surface area (Å²) in [6.07, 6.45) is 0.417. The standard InChI is InChI=1S/C32H36FNO9S/c1-32(2,3)43-31(37)34-15-18-11-24(39-5)29(27(33)21(18)16-34)42-9-7-8-41-23-10-17-12-26(44-25(17)14-22(23)38-4)28(35)19-13-20(19)30(36)40-6/h10-12,14,19-20H,7-9,13,15-16H2,1-6H3. The Morgan fingerprint density at radius 2 is 1.66 bits per heavy atom. The molecule has 1 amide bonds. The molecular weight excluding hydrogens is 593 g/mol. The lowest BCUT2D eigenvalue weighted by atomic mass is 10.1. The molecule has 1 saturated carbocycles. The fraction of sp³-hybridized carbons (Fsp3) is 0.469. The highest BCUT2D eigenvalue weighted by Crippen LogP contribution is 2.45. The second kappa shape index (κ2) is 12.5. The van der Waals surface area contributed by atoms with Gasteiger partial charge in [-0.15, -0.1) is 11.3 Å². The van der Waals surface area contributed by atoms with E-state index in [9.17, 15) is 14.4 Å². The minimum atomic E-state index is -0.660. The summed E-state index contributed by atoms with van der Waals surface area (Å²) < 4.78 is 49.3. The number of ether oxygens (including phenoxy) is 6. The number of benzene rings is 2. The van der Waals surface area contributed by atoms with Gasteiger partial charge in [-0.3, -0.25) is 14.5 Å². The number of ketones is 1. The van der Waals surface area contributed by atoms with Gasteiger partial charge in [-0.2, -0.15) is 0 Å². The molecule has 2 atom stereocenters. The van der Waals surface area contributed by atoms with Crippen LogP contribution in [0.2, 0.25) is 0 Å². The molecule has 44 heavy (non-hydrogen) atoms. The molecule has 12 heteroatoms. The van der Waals surface area contributed by atoms with Crippen LogP contribution in [0.15, 0.2) is 24.3 Å². The zero-order chi connectivity index (χ0) is 31.8. The fourth-order valence-corrected chi connectivity index (χ4v) is 6.22. The molecule has 10 nitrogen and oxygen atoms in total. The molecule has 2 aromatic carbocycles. The van der Waals surface area contributed by atoms with Crippen molar-refractivity contribution < 1.29 is 47.2 Å². The zero-order valence-corrected chi connectivity index (χ0v) is 26.4. The number of carbonyl (C=O) groups excluding carboxylic acids is 3. The molecule has 0 bridgehead atoms. The highest BCUT2D eigenvalue weighted by molar-refractivity contribution is 7.20. The van der Waals surface area contributed by atoms with Gasteiger partial charge in [0, 0.05) is 35.2 Å². The molecule has 1 fully saturated rings. The summed E-state index contributed by atoms with van der Waals surface area (Å²) in [4.78, 5) is 39.2. The van der Waals surface area contributed by atoms with E-state index in [2.05, 4.69) is 0 Å². The Morgan fingerprint density at radius 3 is 2.34 bits per heavy atom. The molecule has 0 spiro atoms. The van der Waals surface area contributed by atoms with Crippen LogP contribution in [-0.2, 0) is 27.4 Å². The van der Waals surface area contributed by atoms with Gasteiger partial charge >= 0.3 is 12.1 Å². The minimum Gasteiger partial charge on any atom is -0.493 e. The first kappa shape index (κ1) is 31.4. The van der Waals surface area contributed by atoms with Crippen LogP contribution >= 0.6 is 11.3 Å². The Labute approximate surface area is 258 Å². The molecule has 0 radical (unpaired) electrons. The van der Waals surface area contributed by atoms with Gasteiger partial charge < -0.3 is 28.4 Å². The van der Waals surface area contributed by atoms with E-state index in [1.807, 2.05) is 12.1 Å². The van der Waals surface area contributed by atoms with E-state index in [4.69, 9.17) is 28.4 Å². The molecule has 3 aromatic rings. The van der Waals surface area contributed by atoms with Gasteiger partial charge in [0.1, 0.15) is 5.60 Å². The van der Waals surface area contributed by atoms with E-state index in [-0.39, 0.29) is 61.4 Å². The molecule has 2 heterocycles. The normalized spacial score (nSPS) is 17.2. The molecule has 0 N–H and O–H groups in total. The van der Waals surface area contributed by atoms with Crippen molar-refractivity contribution in [1.82, 2.24) is 4.90 Å². The number of fused-ring (bicyclic) bond motifs is 2. The van der Waals surface area contributed by atoms with Crippen molar-refractivity contribution in [3.8, 4) is 23.0 Å². The van der Waals surface area contributed by atoms with Crippen molar-refractivity contribution in [1.29, 1.82) is 0 Å². The van der Waals surface area contributed by atoms with Gasteiger partial charge in [0.05, 0.1) is 51.9 Å². The van der Waals surface area contributed by atoms with Gasteiger partial charge in [0.15, 0.2) is 34.6 Å². The van der Waals surface area contributed by atoms with E-state index in [1.165, 1.54) is 37.6 Å². The van der Waals surface area contributed by atoms with Gasteiger partial charge in [0.25, 0.3) is 0 Å². The number of nitrogens with zero attached hydrogens (tertiary/aromatic N) is 1. The number of thiophene rings is 1. The Morgan fingerprint density at radius 1 is 0.932 bits per heavy atom. The Bertz CT molecular complexity index is 1590. The molecule has 236 valence electrons. The summed E-state index contributed by atoms with van der Waals surface area (Å²) in [5.41, 5.74) is 0.353. The fourth-order valence-electron chi connectivity index (χ4n) is 5.14. The average Bonchev–Trinajstić information content (AvgIpc) is 3.48. The third-order valence-electron chi connectivity index (χ3n) is 7.43. The third-order valence-corrected chi connectivity index (χ3v) is 8.54. The van der Waals surface area contributed by atoms with Crippen LogP contribution in [0.3, 0.4) is 0 Å². The number of amides is 1. The molecule has 2 unspecified atom stereocenters. The number of Topliss-reactive ketones (excluding diaryl/α,β-unsaturated/α-hetero) is 1. The highest BCUT2D eigenvalue weighted by atomic mass is 32.1. The van der Waals surface area contributed by atoms with E-state index < -0.39 is 17.5 Å². The molecule has 0 saturated heterocycles. The molecular formula is C32H36FNO9S. The second-order valence-electron chi connectivity index (χ2n) is 11.7. The van der Waals surface area contributed by atoms with E-state index in [0.717, 1.165) is 10.1 Å². The van der Waals surface area contributed by atoms with Crippen LogP contribution in [0.1, 0.15) is 54.4 Å².